The van der Waals surface area contributed by atoms with E-state index >= 15 is 0 Å². The Hall–Kier alpha value is -1.40. The third-order valence-corrected chi connectivity index (χ3v) is 4.06. The van der Waals surface area contributed by atoms with E-state index in [9.17, 15) is 9.18 Å². The van der Waals surface area contributed by atoms with Crippen LogP contribution >= 0.6 is 27.3 Å². The fraction of sp³-hybridized carbons (Fsp3) is 0.154. The molecule has 0 atom stereocenters. The maximum Gasteiger partial charge on any atom is 0.348 e. The van der Waals surface area contributed by atoms with E-state index in [-0.39, 0.29) is 6.61 Å². The lowest BCUT2D eigenvalue weighted by atomic mass is 10.2. The second-order valence-electron chi connectivity index (χ2n) is 3.93. The first-order chi connectivity index (χ1) is 8.97. The molecule has 1 aromatic heterocycles. The number of ether oxygens (including phenoxy) is 1. The third kappa shape index (κ3) is 3.33. The summed E-state index contributed by atoms with van der Waals surface area (Å²) in [5, 5.41) is 0. The number of aryl methyl sites for hydroxylation is 1. The summed E-state index contributed by atoms with van der Waals surface area (Å²) in [7, 11) is 0. The van der Waals surface area contributed by atoms with Gasteiger partial charge in [0.15, 0.2) is 0 Å². The highest BCUT2D eigenvalue weighted by Gasteiger charge is 2.13. The lowest BCUT2D eigenvalue weighted by molar-refractivity contribution is 0.0475. The smallest absolute Gasteiger partial charge is 0.348 e. The topological polar surface area (TPSA) is 52.3 Å². The van der Waals surface area contributed by atoms with Crippen molar-refractivity contribution in [2.24, 2.45) is 0 Å². The molecule has 0 amide bonds. The largest absolute Gasteiger partial charge is 0.457 e. The van der Waals surface area contributed by atoms with Crippen LogP contribution in [0.15, 0.2) is 28.7 Å². The lowest BCUT2D eigenvalue weighted by Crippen LogP contribution is -2.04. The standard InChI is InChI=1S/C13H11BrFNO2S/c1-7-11(16)5-12(19-7)13(17)18-6-8-4-9(14)2-3-10(8)15/h2-5H,6,16H2,1H3. The molecule has 0 spiro atoms. The molecule has 0 aliphatic heterocycles. The third-order valence-electron chi connectivity index (χ3n) is 2.52. The van der Waals surface area contributed by atoms with E-state index in [0.29, 0.717) is 16.1 Å². The van der Waals surface area contributed by atoms with Crippen LogP contribution in [0.1, 0.15) is 20.1 Å². The first-order valence-corrected chi connectivity index (χ1v) is 7.05. The van der Waals surface area contributed by atoms with Gasteiger partial charge in [-0.25, -0.2) is 9.18 Å². The van der Waals surface area contributed by atoms with Gasteiger partial charge in [0.25, 0.3) is 0 Å². The highest BCUT2D eigenvalue weighted by atomic mass is 79.9. The Morgan fingerprint density at radius 2 is 2.21 bits per heavy atom. The molecule has 0 saturated heterocycles. The molecule has 100 valence electrons. The molecule has 0 aliphatic rings. The number of hydrogen-bond acceptors (Lipinski definition) is 4. The molecule has 2 N–H and O–H groups in total. The fourth-order valence-corrected chi connectivity index (χ4v) is 2.71. The van der Waals surface area contributed by atoms with Crippen molar-refractivity contribution in [3.05, 3.63) is 49.9 Å². The zero-order valence-electron chi connectivity index (χ0n) is 10.1. The van der Waals surface area contributed by atoms with Crippen molar-refractivity contribution in [1.82, 2.24) is 0 Å². The molecule has 2 aromatic rings. The van der Waals surface area contributed by atoms with Gasteiger partial charge >= 0.3 is 5.97 Å². The van der Waals surface area contributed by atoms with Crippen LogP contribution in [0.2, 0.25) is 0 Å². The Kier molecular flexibility index (Phi) is 4.21. The van der Waals surface area contributed by atoms with Crippen molar-refractivity contribution < 1.29 is 13.9 Å². The van der Waals surface area contributed by atoms with Gasteiger partial charge in [0.1, 0.15) is 17.3 Å². The molecular weight excluding hydrogens is 333 g/mol. The van der Waals surface area contributed by atoms with Crippen molar-refractivity contribution in [3.63, 3.8) is 0 Å². The van der Waals surface area contributed by atoms with E-state index in [1.807, 2.05) is 6.92 Å². The van der Waals surface area contributed by atoms with Gasteiger partial charge in [-0.3, -0.25) is 0 Å². The summed E-state index contributed by atoms with van der Waals surface area (Å²) in [5.41, 5.74) is 6.55. The molecule has 1 aromatic carbocycles. The van der Waals surface area contributed by atoms with Crippen LogP contribution in [0, 0.1) is 12.7 Å². The van der Waals surface area contributed by atoms with Gasteiger partial charge in [0.05, 0.1) is 0 Å². The molecule has 3 nitrogen and oxygen atoms in total. The zero-order chi connectivity index (χ0) is 14.0. The minimum absolute atomic E-state index is 0.110. The van der Waals surface area contributed by atoms with Crippen LogP contribution in [-0.4, -0.2) is 5.97 Å². The molecule has 19 heavy (non-hydrogen) atoms. The molecule has 0 aliphatic carbocycles. The number of rotatable bonds is 3. The van der Waals surface area contributed by atoms with Crippen molar-refractivity contribution >= 4 is 38.9 Å². The quantitative estimate of drug-likeness (QED) is 0.860. The Bertz CT molecular complexity index is 608. The molecule has 0 saturated carbocycles. The van der Waals surface area contributed by atoms with E-state index in [1.54, 1.807) is 18.2 Å². The van der Waals surface area contributed by atoms with Crippen molar-refractivity contribution in [2.45, 2.75) is 13.5 Å². The Labute approximate surface area is 122 Å². The van der Waals surface area contributed by atoms with Gasteiger partial charge in [-0.1, -0.05) is 15.9 Å². The van der Waals surface area contributed by atoms with Gasteiger partial charge < -0.3 is 10.5 Å². The summed E-state index contributed by atoms with van der Waals surface area (Å²) in [6.45, 7) is 1.71. The van der Waals surface area contributed by atoms with Crippen LogP contribution < -0.4 is 5.73 Å². The van der Waals surface area contributed by atoms with Gasteiger partial charge in [-0.15, -0.1) is 11.3 Å². The van der Waals surface area contributed by atoms with Crippen molar-refractivity contribution in [3.8, 4) is 0 Å². The number of benzene rings is 1. The number of nitrogen functional groups attached to an aromatic ring is 1. The van der Waals surface area contributed by atoms with Crippen LogP contribution in [-0.2, 0) is 11.3 Å². The van der Waals surface area contributed by atoms with Gasteiger partial charge in [-0.2, -0.15) is 0 Å². The van der Waals surface area contributed by atoms with Crippen LogP contribution in [0.3, 0.4) is 0 Å². The molecule has 0 bridgehead atoms. The normalized spacial score (nSPS) is 10.5. The Morgan fingerprint density at radius 1 is 1.47 bits per heavy atom. The average molecular weight is 344 g/mol. The predicted molar refractivity (Wildman–Crippen MR) is 76.7 cm³/mol. The van der Waals surface area contributed by atoms with Crippen molar-refractivity contribution in [2.75, 3.05) is 5.73 Å². The average Bonchev–Trinajstić information content (AvgIpc) is 2.70. The summed E-state index contributed by atoms with van der Waals surface area (Å²) in [6, 6.07) is 6.06. The Morgan fingerprint density at radius 3 is 2.84 bits per heavy atom. The maximum atomic E-state index is 13.5. The highest BCUT2D eigenvalue weighted by molar-refractivity contribution is 9.10. The monoisotopic (exact) mass is 343 g/mol. The highest BCUT2D eigenvalue weighted by Crippen LogP contribution is 2.24. The number of carbonyl (C=O) groups is 1. The van der Waals surface area contributed by atoms with Crippen LogP contribution in [0.4, 0.5) is 10.1 Å². The molecule has 0 fully saturated rings. The minimum atomic E-state index is -0.496. The summed E-state index contributed by atoms with van der Waals surface area (Å²) in [5.74, 6) is -0.901. The number of hydrogen-bond donors (Lipinski definition) is 1. The lowest BCUT2D eigenvalue weighted by Gasteiger charge is -2.05. The van der Waals surface area contributed by atoms with Gasteiger partial charge in [0.2, 0.25) is 0 Å². The van der Waals surface area contributed by atoms with Crippen molar-refractivity contribution in [1.29, 1.82) is 0 Å². The summed E-state index contributed by atoms with van der Waals surface area (Å²) in [6.07, 6.45) is 0. The Balaban J connectivity index is 2.06. The van der Waals surface area contributed by atoms with E-state index < -0.39 is 11.8 Å². The first-order valence-electron chi connectivity index (χ1n) is 5.44. The van der Waals surface area contributed by atoms with E-state index in [2.05, 4.69) is 15.9 Å². The molecule has 2 rings (SSSR count). The number of nitrogens with two attached hydrogens (primary N) is 1. The van der Waals surface area contributed by atoms with Gasteiger partial charge in [0, 0.05) is 20.6 Å². The number of halogens is 2. The summed E-state index contributed by atoms with van der Waals surface area (Å²) < 4.78 is 19.3. The maximum absolute atomic E-state index is 13.5. The van der Waals surface area contributed by atoms with Crippen LogP contribution in [0.5, 0.6) is 0 Å². The van der Waals surface area contributed by atoms with Gasteiger partial charge in [-0.05, 0) is 31.2 Å². The molecule has 0 unspecified atom stereocenters. The number of carbonyl (C=O) groups excluding carboxylic acids is 1. The second-order valence-corrected chi connectivity index (χ2v) is 6.11. The fourth-order valence-electron chi connectivity index (χ4n) is 1.47. The zero-order valence-corrected chi connectivity index (χ0v) is 12.5. The molecule has 6 heteroatoms. The predicted octanol–water partition coefficient (Wildman–Crippen LogP) is 3.90. The molecule has 1 heterocycles. The SMILES string of the molecule is Cc1sc(C(=O)OCc2cc(Br)ccc2F)cc1N. The number of thiophene rings is 1. The van der Waals surface area contributed by atoms with E-state index in [4.69, 9.17) is 10.5 Å². The van der Waals surface area contributed by atoms with E-state index in [1.165, 1.54) is 17.4 Å². The van der Waals surface area contributed by atoms with Crippen LogP contribution in [0.25, 0.3) is 0 Å². The first kappa shape index (κ1) is 14.0. The summed E-state index contributed by atoms with van der Waals surface area (Å²) >= 11 is 4.50. The number of esters is 1. The van der Waals surface area contributed by atoms with E-state index in [0.717, 1.165) is 9.35 Å². The minimum Gasteiger partial charge on any atom is -0.457 e. The molecule has 0 radical (unpaired) electrons. The number of anilines is 1. The summed E-state index contributed by atoms with van der Waals surface area (Å²) in [4.78, 5) is 13.1. The molecular formula is C13H11BrFNO2S. The second kappa shape index (κ2) is 5.71.